The molecule has 0 aromatic heterocycles. The monoisotopic (exact) mass is 245 g/mol. The van der Waals surface area contributed by atoms with Crippen LogP contribution in [-0.2, 0) is 19.1 Å². The number of esters is 1. The lowest BCUT2D eigenvalue weighted by Crippen LogP contribution is -2.64. The second-order valence-corrected chi connectivity index (χ2v) is 4.41. The van der Waals surface area contributed by atoms with E-state index >= 15 is 0 Å². The molecule has 1 heterocycles. The van der Waals surface area contributed by atoms with E-state index in [0.717, 1.165) is 6.42 Å². The fourth-order valence-corrected chi connectivity index (χ4v) is 1.96. The molecule has 6 nitrogen and oxygen atoms in total. The summed E-state index contributed by atoms with van der Waals surface area (Å²) in [6.07, 6.45) is 1.14. The Bertz CT molecular complexity index is 298. The summed E-state index contributed by atoms with van der Waals surface area (Å²) in [4.78, 5) is 23.2. The molecule has 0 radical (unpaired) electrons. The third kappa shape index (κ3) is 2.58. The molecule has 1 aliphatic rings. The molecule has 0 bridgehead atoms. The molecular formula is C11H19NO5. The highest BCUT2D eigenvalue weighted by Gasteiger charge is 2.52. The third-order valence-electron chi connectivity index (χ3n) is 3.03. The van der Waals surface area contributed by atoms with Gasteiger partial charge in [-0.05, 0) is 18.8 Å². The zero-order valence-corrected chi connectivity index (χ0v) is 10.4. The molecule has 1 unspecified atom stereocenters. The van der Waals surface area contributed by atoms with Crippen molar-refractivity contribution < 1.29 is 24.2 Å². The van der Waals surface area contributed by atoms with Crippen LogP contribution in [0.5, 0.6) is 0 Å². The van der Waals surface area contributed by atoms with E-state index in [1.807, 2.05) is 0 Å². The number of carboxylic acids is 1. The van der Waals surface area contributed by atoms with Crippen LogP contribution in [0.25, 0.3) is 0 Å². The van der Waals surface area contributed by atoms with Gasteiger partial charge in [0.15, 0.2) is 0 Å². The zero-order valence-electron chi connectivity index (χ0n) is 10.4. The molecule has 1 saturated heterocycles. The number of nitrogens with one attached hydrogen (secondary N) is 1. The highest BCUT2D eigenvalue weighted by atomic mass is 16.5. The average Bonchev–Trinajstić information content (AvgIpc) is 2.76. The van der Waals surface area contributed by atoms with Crippen LogP contribution in [0.2, 0.25) is 0 Å². The first kappa shape index (κ1) is 13.9. The first-order valence-electron chi connectivity index (χ1n) is 5.66. The summed E-state index contributed by atoms with van der Waals surface area (Å²) in [6, 6.07) is 0. The molecule has 1 fully saturated rings. The normalized spacial score (nSPS) is 23.4. The van der Waals surface area contributed by atoms with E-state index < -0.39 is 29.6 Å². The van der Waals surface area contributed by atoms with Gasteiger partial charge in [-0.3, -0.25) is 5.32 Å². The van der Waals surface area contributed by atoms with Gasteiger partial charge in [0.25, 0.3) is 0 Å². The SMILES string of the molecule is COC(=O)[C@@](NC1CCCO1)(C(=O)O)C(C)C. The Hall–Kier alpha value is -1.14. The van der Waals surface area contributed by atoms with Crippen LogP contribution in [0.1, 0.15) is 26.7 Å². The summed E-state index contributed by atoms with van der Waals surface area (Å²) in [5, 5.41) is 12.1. The molecular weight excluding hydrogens is 226 g/mol. The van der Waals surface area contributed by atoms with Gasteiger partial charge in [-0.1, -0.05) is 13.8 Å². The van der Waals surface area contributed by atoms with Crippen LogP contribution < -0.4 is 5.32 Å². The van der Waals surface area contributed by atoms with Crippen molar-refractivity contribution in [2.24, 2.45) is 5.92 Å². The highest BCUT2D eigenvalue weighted by Crippen LogP contribution is 2.23. The molecule has 0 aliphatic carbocycles. The van der Waals surface area contributed by atoms with Gasteiger partial charge >= 0.3 is 11.9 Å². The van der Waals surface area contributed by atoms with Gasteiger partial charge in [-0.2, -0.15) is 0 Å². The van der Waals surface area contributed by atoms with Gasteiger partial charge in [-0.15, -0.1) is 0 Å². The smallest absolute Gasteiger partial charge is 0.338 e. The predicted octanol–water partition coefficient (Wildman–Crippen LogP) is 0.365. The van der Waals surface area contributed by atoms with Crippen LogP contribution in [-0.4, -0.2) is 42.5 Å². The largest absolute Gasteiger partial charge is 0.479 e. The van der Waals surface area contributed by atoms with Crippen molar-refractivity contribution >= 4 is 11.9 Å². The Morgan fingerprint density at radius 2 is 2.18 bits per heavy atom. The topological polar surface area (TPSA) is 84.9 Å². The van der Waals surface area contributed by atoms with Crippen molar-refractivity contribution in [3.8, 4) is 0 Å². The van der Waals surface area contributed by atoms with Crippen LogP contribution in [0.3, 0.4) is 0 Å². The Morgan fingerprint density at radius 3 is 2.53 bits per heavy atom. The molecule has 2 atom stereocenters. The van der Waals surface area contributed by atoms with Gasteiger partial charge in [0.1, 0.15) is 6.23 Å². The third-order valence-corrected chi connectivity index (χ3v) is 3.03. The molecule has 6 heteroatoms. The quantitative estimate of drug-likeness (QED) is 0.537. The van der Waals surface area contributed by atoms with Crippen molar-refractivity contribution in [2.45, 2.75) is 38.5 Å². The lowest BCUT2D eigenvalue weighted by molar-refractivity contribution is -0.167. The van der Waals surface area contributed by atoms with Crippen LogP contribution in [0.4, 0.5) is 0 Å². The van der Waals surface area contributed by atoms with E-state index in [4.69, 9.17) is 4.74 Å². The summed E-state index contributed by atoms with van der Waals surface area (Å²) in [5.41, 5.74) is -1.75. The van der Waals surface area contributed by atoms with Crippen molar-refractivity contribution in [1.29, 1.82) is 0 Å². The summed E-state index contributed by atoms with van der Waals surface area (Å²) >= 11 is 0. The number of methoxy groups -OCH3 is 1. The highest BCUT2D eigenvalue weighted by molar-refractivity contribution is 6.04. The maximum absolute atomic E-state index is 11.8. The van der Waals surface area contributed by atoms with Gasteiger partial charge in [0, 0.05) is 6.61 Å². The molecule has 0 spiro atoms. The predicted molar refractivity (Wildman–Crippen MR) is 59.3 cm³/mol. The van der Waals surface area contributed by atoms with Gasteiger partial charge in [0.2, 0.25) is 5.54 Å². The second-order valence-electron chi connectivity index (χ2n) is 4.41. The van der Waals surface area contributed by atoms with Crippen LogP contribution in [0.15, 0.2) is 0 Å². The number of ether oxygens (including phenoxy) is 2. The fourth-order valence-electron chi connectivity index (χ4n) is 1.96. The lowest BCUT2D eigenvalue weighted by Gasteiger charge is -2.33. The maximum Gasteiger partial charge on any atom is 0.338 e. The van der Waals surface area contributed by atoms with Gasteiger partial charge in [-0.25, -0.2) is 9.59 Å². The van der Waals surface area contributed by atoms with Gasteiger partial charge in [0.05, 0.1) is 7.11 Å². The molecule has 2 N–H and O–H groups in total. The molecule has 1 aliphatic heterocycles. The second kappa shape index (κ2) is 5.46. The molecule has 0 aromatic rings. The van der Waals surface area contributed by atoms with Gasteiger partial charge < -0.3 is 14.6 Å². The minimum Gasteiger partial charge on any atom is -0.479 e. The van der Waals surface area contributed by atoms with Crippen LogP contribution >= 0.6 is 0 Å². The molecule has 17 heavy (non-hydrogen) atoms. The number of hydrogen-bond acceptors (Lipinski definition) is 5. The molecule has 0 aromatic carbocycles. The molecule has 98 valence electrons. The van der Waals surface area contributed by atoms with E-state index in [2.05, 4.69) is 10.1 Å². The van der Waals surface area contributed by atoms with E-state index in [9.17, 15) is 14.7 Å². The first-order chi connectivity index (χ1) is 7.95. The average molecular weight is 245 g/mol. The molecule has 0 amide bonds. The Labute approximate surface area is 100 Å². The Kier molecular flexibility index (Phi) is 4.47. The summed E-state index contributed by atoms with van der Waals surface area (Å²) in [6.45, 7) is 3.90. The van der Waals surface area contributed by atoms with E-state index in [0.29, 0.717) is 13.0 Å². The maximum atomic E-state index is 11.8. The van der Waals surface area contributed by atoms with Crippen molar-refractivity contribution in [2.75, 3.05) is 13.7 Å². The standard InChI is InChI=1S/C11H19NO5/c1-7(2)11(9(13)14,10(15)16-3)12-8-5-4-6-17-8/h7-8,12H,4-6H2,1-3H3,(H,13,14)/t8?,11-/m0/s1. The Balaban J connectivity index is 2.96. The minimum absolute atomic E-state index is 0.410. The van der Waals surface area contributed by atoms with Crippen molar-refractivity contribution in [1.82, 2.24) is 5.32 Å². The van der Waals surface area contributed by atoms with E-state index in [1.165, 1.54) is 7.11 Å². The Morgan fingerprint density at radius 1 is 1.53 bits per heavy atom. The molecule has 0 saturated carbocycles. The number of carboxylic acid groups (broad SMARTS) is 1. The number of carbonyl (C=O) groups is 2. The summed E-state index contributed by atoms with van der Waals surface area (Å²) < 4.78 is 9.93. The minimum atomic E-state index is -1.75. The van der Waals surface area contributed by atoms with Crippen molar-refractivity contribution in [3.63, 3.8) is 0 Å². The summed E-state index contributed by atoms with van der Waals surface area (Å²) in [7, 11) is 1.18. The lowest BCUT2D eigenvalue weighted by atomic mass is 9.86. The number of aliphatic carboxylic acids is 1. The number of hydrogen-bond donors (Lipinski definition) is 2. The van der Waals surface area contributed by atoms with Crippen LogP contribution in [0, 0.1) is 5.92 Å². The zero-order chi connectivity index (χ0) is 13.1. The number of carbonyl (C=O) groups excluding carboxylic acids is 1. The summed E-state index contributed by atoms with van der Waals surface area (Å²) in [5.74, 6) is -2.48. The molecule has 1 rings (SSSR count). The van der Waals surface area contributed by atoms with Crippen molar-refractivity contribution in [3.05, 3.63) is 0 Å². The first-order valence-corrected chi connectivity index (χ1v) is 5.66. The van der Waals surface area contributed by atoms with E-state index in [-0.39, 0.29) is 0 Å². The number of rotatable bonds is 5. The van der Waals surface area contributed by atoms with E-state index in [1.54, 1.807) is 13.8 Å². The fraction of sp³-hybridized carbons (Fsp3) is 0.818.